The summed E-state index contributed by atoms with van der Waals surface area (Å²) in [5, 5.41) is 5.41. The molecule has 0 unspecified atom stereocenters. The molecule has 0 bridgehead atoms. The number of aromatic nitrogens is 3. The van der Waals surface area contributed by atoms with E-state index in [1.54, 1.807) is 18.6 Å². The van der Waals surface area contributed by atoms with Crippen LogP contribution in [0.15, 0.2) is 36.8 Å². The zero-order valence-electron chi connectivity index (χ0n) is 18.3. The Hall–Kier alpha value is -3.06. The van der Waals surface area contributed by atoms with Crippen molar-refractivity contribution in [3.63, 3.8) is 0 Å². The number of rotatable bonds is 7. The molecule has 31 heavy (non-hydrogen) atoms. The van der Waals surface area contributed by atoms with Crippen molar-refractivity contribution >= 4 is 28.2 Å². The van der Waals surface area contributed by atoms with Gasteiger partial charge in [-0.3, -0.25) is 4.79 Å². The van der Waals surface area contributed by atoms with Crippen molar-refractivity contribution in [3.05, 3.63) is 53.6 Å². The maximum atomic E-state index is 13.0. The topological polar surface area (TPSA) is 97.0 Å². The van der Waals surface area contributed by atoms with Crippen molar-refractivity contribution < 1.29 is 4.79 Å². The summed E-state index contributed by atoms with van der Waals surface area (Å²) in [6.45, 7) is 5.13. The van der Waals surface area contributed by atoms with E-state index in [1.807, 2.05) is 18.2 Å². The van der Waals surface area contributed by atoms with Gasteiger partial charge in [0.25, 0.3) is 0 Å². The molecule has 0 aliphatic carbocycles. The Balaban J connectivity index is 1.42. The third kappa shape index (κ3) is 4.82. The average molecular weight is 419 g/mol. The number of nitrogens with one attached hydrogen (secondary N) is 1. The molecular formula is C24H30N6O. The molecule has 4 rings (SSSR count). The number of piperidine rings is 1. The number of pyridine rings is 1. The van der Waals surface area contributed by atoms with Crippen LogP contribution in [0.3, 0.4) is 0 Å². The van der Waals surface area contributed by atoms with Crippen LogP contribution >= 0.6 is 0 Å². The molecule has 0 saturated carbocycles. The number of nitrogen functional groups attached to an aromatic ring is 1. The van der Waals surface area contributed by atoms with Gasteiger partial charge in [-0.2, -0.15) is 0 Å². The van der Waals surface area contributed by atoms with E-state index in [4.69, 9.17) is 5.73 Å². The van der Waals surface area contributed by atoms with Gasteiger partial charge in [0.15, 0.2) is 11.6 Å². The molecule has 0 amide bonds. The van der Waals surface area contributed by atoms with Crippen molar-refractivity contribution in [1.82, 2.24) is 19.9 Å². The standard InChI is InChI=1S/C24H30N6O/c1-16-18(3-5-20-19(16)7-10-27-23(20)25)4-6-21(31)22-24(28-12-11-26-22)29-15-17-8-13-30(2)14-9-17/h3,5,7,10-12,17H,4,6,8-9,13-15H2,1-2H3,(H2,25,27)(H,28,29). The van der Waals surface area contributed by atoms with Crippen LogP contribution in [0.4, 0.5) is 11.6 Å². The van der Waals surface area contributed by atoms with Crippen LogP contribution in [0.1, 0.15) is 40.9 Å². The quantitative estimate of drug-likeness (QED) is 0.567. The first-order valence-electron chi connectivity index (χ1n) is 10.9. The molecular weight excluding hydrogens is 388 g/mol. The van der Waals surface area contributed by atoms with Gasteiger partial charge in [-0.05, 0) is 74.8 Å². The number of ketones is 1. The number of hydrogen-bond acceptors (Lipinski definition) is 7. The lowest BCUT2D eigenvalue weighted by Crippen LogP contribution is -2.33. The molecule has 3 aromatic rings. The molecule has 2 aromatic heterocycles. The highest BCUT2D eigenvalue weighted by Gasteiger charge is 2.19. The van der Waals surface area contributed by atoms with Gasteiger partial charge < -0.3 is 16.0 Å². The van der Waals surface area contributed by atoms with E-state index in [2.05, 4.69) is 39.1 Å². The van der Waals surface area contributed by atoms with E-state index >= 15 is 0 Å². The van der Waals surface area contributed by atoms with Gasteiger partial charge in [-0.25, -0.2) is 15.0 Å². The van der Waals surface area contributed by atoms with Crippen molar-refractivity contribution in [1.29, 1.82) is 0 Å². The molecule has 7 nitrogen and oxygen atoms in total. The first kappa shape index (κ1) is 21.2. The Morgan fingerprint density at radius 3 is 2.68 bits per heavy atom. The largest absolute Gasteiger partial charge is 0.383 e. The first-order chi connectivity index (χ1) is 15.0. The van der Waals surface area contributed by atoms with E-state index in [0.717, 1.165) is 54.4 Å². The zero-order valence-corrected chi connectivity index (χ0v) is 18.3. The molecule has 1 aliphatic rings. The summed E-state index contributed by atoms with van der Waals surface area (Å²) in [5.41, 5.74) is 8.70. The molecule has 1 saturated heterocycles. The molecule has 0 radical (unpaired) electrons. The summed E-state index contributed by atoms with van der Waals surface area (Å²) in [6.07, 6.45) is 8.30. The van der Waals surface area contributed by atoms with Crippen molar-refractivity contribution in [2.24, 2.45) is 5.92 Å². The van der Waals surface area contributed by atoms with E-state index < -0.39 is 0 Å². The van der Waals surface area contributed by atoms with Crippen molar-refractivity contribution in [2.75, 3.05) is 37.7 Å². The molecule has 7 heteroatoms. The second-order valence-corrected chi connectivity index (χ2v) is 8.45. The SMILES string of the molecule is Cc1c(CCC(=O)c2nccnc2NCC2CCN(C)CC2)ccc2c(N)nccc12. The molecule has 3 heterocycles. The summed E-state index contributed by atoms with van der Waals surface area (Å²) in [5.74, 6) is 1.74. The Kier molecular flexibility index (Phi) is 6.42. The van der Waals surface area contributed by atoms with E-state index in [0.29, 0.717) is 36.1 Å². The van der Waals surface area contributed by atoms with Crippen LogP contribution < -0.4 is 11.1 Å². The minimum Gasteiger partial charge on any atom is -0.383 e. The lowest BCUT2D eigenvalue weighted by Gasteiger charge is -2.29. The number of aryl methyl sites for hydroxylation is 2. The Labute approximate surface area is 183 Å². The number of benzene rings is 1. The molecule has 0 spiro atoms. The molecule has 162 valence electrons. The predicted octanol–water partition coefficient (Wildman–Crippen LogP) is 3.48. The maximum absolute atomic E-state index is 13.0. The Morgan fingerprint density at radius 2 is 1.87 bits per heavy atom. The minimum atomic E-state index is 0.00715. The molecule has 1 fully saturated rings. The average Bonchev–Trinajstić information content (AvgIpc) is 2.79. The highest BCUT2D eigenvalue weighted by atomic mass is 16.1. The lowest BCUT2D eigenvalue weighted by molar-refractivity contribution is 0.0978. The third-order valence-electron chi connectivity index (χ3n) is 6.34. The number of likely N-dealkylation sites (tertiary alicyclic amines) is 1. The number of nitrogens with zero attached hydrogens (tertiary/aromatic N) is 4. The van der Waals surface area contributed by atoms with Gasteiger partial charge in [0, 0.05) is 36.9 Å². The van der Waals surface area contributed by atoms with Crippen molar-refractivity contribution in [2.45, 2.75) is 32.6 Å². The fourth-order valence-electron chi connectivity index (χ4n) is 4.29. The van der Waals surface area contributed by atoms with Crippen LogP contribution in [-0.2, 0) is 6.42 Å². The van der Waals surface area contributed by atoms with Crippen LogP contribution in [0.5, 0.6) is 0 Å². The minimum absolute atomic E-state index is 0.00715. The van der Waals surface area contributed by atoms with E-state index in [1.165, 1.54) is 0 Å². The molecule has 0 atom stereocenters. The van der Waals surface area contributed by atoms with Gasteiger partial charge >= 0.3 is 0 Å². The second-order valence-electron chi connectivity index (χ2n) is 8.45. The van der Waals surface area contributed by atoms with E-state index in [9.17, 15) is 4.79 Å². The van der Waals surface area contributed by atoms with Gasteiger partial charge in [0.05, 0.1) is 0 Å². The Bertz CT molecular complexity index is 1070. The first-order valence-corrected chi connectivity index (χ1v) is 10.9. The maximum Gasteiger partial charge on any atom is 0.185 e. The highest BCUT2D eigenvalue weighted by molar-refractivity contribution is 5.99. The van der Waals surface area contributed by atoms with Gasteiger partial charge in [0.2, 0.25) is 0 Å². The number of carbonyl (C=O) groups excluding carboxylic acids is 1. The number of Topliss-reactive ketones (excluding diaryl/α,β-unsaturated/α-hetero) is 1. The molecule has 3 N–H and O–H groups in total. The summed E-state index contributed by atoms with van der Waals surface area (Å²) in [6, 6.07) is 6.00. The number of anilines is 2. The normalized spacial score (nSPS) is 15.3. The predicted molar refractivity (Wildman–Crippen MR) is 124 cm³/mol. The number of fused-ring (bicyclic) bond motifs is 1. The monoisotopic (exact) mass is 418 g/mol. The number of carbonyl (C=O) groups is 1. The van der Waals surface area contributed by atoms with Crippen molar-refractivity contribution in [3.8, 4) is 0 Å². The summed E-state index contributed by atoms with van der Waals surface area (Å²) in [7, 11) is 2.16. The van der Waals surface area contributed by atoms with Gasteiger partial charge in [0.1, 0.15) is 11.5 Å². The summed E-state index contributed by atoms with van der Waals surface area (Å²) < 4.78 is 0. The number of hydrogen-bond donors (Lipinski definition) is 2. The Morgan fingerprint density at radius 1 is 1.10 bits per heavy atom. The van der Waals surface area contributed by atoms with E-state index in [-0.39, 0.29) is 5.78 Å². The van der Waals surface area contributed by atoms with Crippen LogP contribution in [0, 0.1) is 12.8 Å². The fraction of sp³-hybridized carbons (Fsp3) is 0.417. The van der Waals surface area contributed by atoms with Gasteiger partial charge in [-0.1, -0.05) is 12.1 Å². The molecule has 1 aromatic carbocycles. The smallest absolute Gasteiger partial charge is 0.185 e. The lowest BCUT2D eigenvalue weighted by atomic mass is 9.96. The van der Waals surface area contributed by atoms with Gasteiger partial charge in [-0.15, -0.1) is 0 Å². The summed E-state index contributed by atoms with van der Waals surface area (Å²) >= 11 is 0. The fourth-order valence-corrected chi connectivity index (χ4v) is 4.29. The third-order valence-corrected chi connectivity index (χ3v) is 6.34. The van der Waals surface area contributed by atoms with Crippen LogP contribution in [-0.4, -0.2) is 52.3 Å². The van der Waals surface area contributed by atoms with Crippen LogP contribution in [0.2, 0.25) is 0 Å². The highest BCUT2D eigenvalue weighted by Crippen LogP contribution is 2.26. The summed E-state index contributed by atoms with van der Waals surface area (Å²) in [4.78, 5) is 28.2. The van der Waals surface area contributed by atoms with Crippen LogP contribution in [0.25, 0.3) is 10.8 Å². The zero-order chi connectivity index (χ0) is 21.8. The number of nitrogens with two attached hydrogens (primary N) is 1. The molecule has 1 aliphatic heterocycles. The second kappa shape index (κ2) is 9.39.